The van der Waals surface area contributed by atoms with Gasteiger partial charge >= 0.3 is 5.97 Å². The highest BCUT2D eigenvalue weighted by atomic mass is 127. The number of amides is 2. The summed E-state index contributed by atoms with van der Waals surface area (Å²) in [5.41, 5.74) is 0. The van der Waals surface area contributed by atoms with Crippen molar-refractivity contribution in [2.24, 2.45) is 11.8 Å². The molecule has 1 saturated heterocycles. The second kappa shape index (κ2) is 4.68. The zero-order valence-corrected chi connectivity index (χ0v) is 10.8. The second-order valence-electron chi connectivity index (χ2n) is 4.18. The zero-order valence-electron chi connectivity index (χ0n) is 8.65. The number of carbonyl (C=O) groups is 3. The number of alkyl halides is 1. The fourth-order valence-corrected chi connectivity index (χ4v) is 2.60. The van der Waals surface area contributed by atoms with Crippen LogP contribution in [-0.4, -0.2) is 27.3 Å². The van der Waals surface area contributed by atoms with Crippen molar-refractivity contribution in [2.75, 3.05) is 4.43 Å². The van der Waals surface area contributed by atoms with Gasteiger partial charge in [-0.25, -0.2) is 4.79 Å². The lowest BCUT2D eigenvalue weighted by molar-refractivity contribution is -0.203. The van der Waals surface area contributed by atoms with Gasteiger partial charge in [0.05, 0.1) is 5.92 Å². The average Bonchev–Trinajstić information content (AvgIpc) is 2.48. The summed E-state index contributed by atoms with van der Waals surface area (Å²) < 4.78 is 1.03. The molecule has 1 heterocycles. The van der Waals surface area contributed by atoms with Crippen molar-refractivity contribution in [1.29, 1.82) is 0 Å². The van der Waals surface area contributed by atoms with Crippen LogP contribution in [0.2, 0.25) is 0 Å². The Kier molecular flexibility index (Phi) is 3.46. The van der Waals surface area contributed by atoms with E-state index in [2.05, 4.69) is 22.6 Å². The minimum Gasteiger partial charge on any atom is -0.330 e. The van der Waals surface area contributed by atoms with Crippen molar-refractivity contribution in [3.8, 4) is 0 Å². The molecule has 0 aromatic carbocycles. The molecule has 0 aromatic rings. The van der Waals surface area contributed by atoms with Gasteiger partial charge < -0.3 is 4.84 Å². The van der Waals surface area contributed by atoms with E-state index in [4.69, 9.17) is 4.84 Å². The molecule has 88 valence electrons. The Morgan fingerprint density at radius 3 is 2.38 bits per heavy atom. The number of hydrogen-bond acceptors (Lipinski definition) is 4. The van der Waals surface area contributed by atoms with Gasteiger partial charge in [0.15, 0.2) is 0 Å². The Morgan fingerprint density at radius 2 is 1.88 bits per heavy atom. The SMILES string of the molecule is O=C(ON1C(=O)CCC1=O)C1CC(CI)C1. The topological polar surface area (TPSA) is 63.7 Å². The fraction of sp³-hybridized carbons (Fsp3) is 0.700. The van der Waals surface area contributed by atoms with Gasteiger partial charge in [-0.15, -0.1) is 5.06 Å². The normalized spacial score (nSPS) is 29.2. The largest absolute Gasteiger partial charge is 0.336 e. The minimum atomic E-state index is -0.440. The maximum absolute atomic E-state index is 11.6. The lowest BCUT2D eigenvalue weighted by Crippen LogP contribution is -2.39. The van der Waals surface area contributed by atoms with Gasteiger partial charge in [0.1, 0.15) is 0 Å². The zero-order chi connectivity index (χ0) is 11.7. The predicted molar refractivity (Wildman–Crippen MR) is 62.3 cm³/mol. The smallest absolute Gasteiger partial charge is 0.330 e. The second-order valence-corrected chi connectivity index (χ2v) is 5.06. The molecule has 0 atom stereocenters. The van der Waals surface area contributed by atoms with Crippen LogP contribution in [0.4, 0.5) is 0 Å². The molecule has 0 unspecified atom stereocenters. The summed E-state index contributed by atoms with van der Waals surface area (Å²) in [6.07, 6.45) is 1.90. The third-order valence-corrected chi connectivity index (χ3v) is 4.22. The van der Waals surface area contributed by atoms with Crippen LogP contribution in [0.5, 0.6) is 0 Å². The molecular weight excluding hydrogens is 325 g/mol. The number of nitrogens with zero attached hydrogens (tertiary/aromatic N) is 1. The molecule has 2 aliphatic rings. The van der Waals surface area contributed by atoms with E-state index < -0.39 is 17.8 Å². The van der Waals surface area contributed by atoms with E-state index >= 15 is 0 Å². The van der Waals surface area contributed by atoms with Crippen LogP contribution >= 0.6 is 22.6 Å². The van der Waals surface area contributed by atoms with Crippen LogP contribution in [0.15, 0.2) is 0 Å². The Balaban J connectivity index is 1.84. The maximum atomic E-state index is 11.6. The molecule has 0 aromatic heterocycles. The van der Waals surface area contributed by atoms with Crippen molar-refractivity contribution in [3.63, 3.8) is 0 Å². The van der Waals surface area contributed by atoms with Gasteiger partial charge in [-0.2, -0.15) is 0 Å². The first-order valence-electron chi connectivity index (χ1n) is 5.25. The number of imide groups is 1. The molecule has 2 fully saturated rings. The number of hydrogen-bond donors (Lipinski definition) is 0. The van der Waals surface area contributed by atoms with E-state index in [9.17, 15) is 14.4 Å². The molecule has 2 rings (SSSR count). The standard InChI is InChI=1S/C10H12INO4/c11-5-6-3-7(4-6)10(15)16-12-8(13)1-2-9(12)14/h6-7H,1-5H2. The molecule has 0 radical (unpaired) electrons. The van der Waals surface area contributed by atoms with E-state index in [0.717, 1.165) is 17.3 Å². The summed E-state index contributed by atoms with van der Waals surface area (Å²) in [4.78, 5) is 38.8. The van der Waals surface area contributed by atoms with E-state index in [0.29, 0.717) is 11.0 Å². The number of carbonyl (C=O) groups excluding carboxylic acids is 3. The van der Waals surface area contributed by atoms with E-state index in [1.807, 2.05) is 0 Å². The van der Waals surface area contributed by atoms with Crippen LogP contribution in [0.3, 0.4) is 0 Å². The summed E-state index contributed by atoms with van der Waals surface area (Å²) in [6, 6.07) is 0. The highest BCUT2D eigenvalue weighted by Gasteiger charge is 2.39. The first-order chi connectivity index (χ1) is 7.61. The molecule has 6 heteroatoms. The highest BCUT2D eigenvalue weighted by molar-refractivity contribution is 14.1. The first-order valence-corrected chi connectivity index (χ1v) is 6.78. The number of halogens is 1. The van der Waals surface area contributed by atoms with Gasteiger partial charge in [0.25, 0.3) is 11.8 Å². The Bertz CT molecular complexity index is 322. The lowest BCUT2D eigenvalue weighted by Gasteiger charge is -2.32. The van der Waals surface area contributed by atoms with Gasteiger partial charge in [-0.3, -0.25) is 9.59 Å². The van der Waals surface area contributed by atoms with Gasteiger partial charge in [-0.05, 0) is 18.8 Å². The molecule has 0 N–H and O–H groups in total. The highest BCUT2D eigenvalue weighted by Crippen LogP contribution is 2.36. The fourth-order valence-electron chi connectivity index (χ4n) is 1.88. The van der Waals surface area contributed by atoms with Crippen molar-refractivity contribution in [3.05, 3.63) is 0 Å². The van der Waals surface area contributed by atoms with Crippen LogP contribution in [0.1, 0.15) is 25.7 Å². The lowest BCUT2D eigenvalue weighted by atomic mass is 9.76. The summed E-state index contributed by atoms with van der Waals surface area (Å²) in [5.74, 6) is -0.833. The molecule has 1 aliphatic heterocycles. The Labute approximate surface area is 107 Å². The van der Waals surface area contributed by atoms with E-state index in [1.165, 1.54) is 0 Å². The van der Waals surface area contributed by atoms with E-state index in [-0.39, 0.29) is 18.8 Å². The van der Waals surface area contributed by atoms with Crippen LogP contribution in [0, 0.1) is 11.8 Å². The number of rotatable bonds is 3. The molecular formula is C10H12INO4. The minimum absolute atomic E-state index is 0.138. The first kappa shape index (κ1) is 11.8. The summed E-state index contributed by atoms with van der Waals surface area (Å²) >= 11 is 2.28. The molecule has 16 heavy (non-hydrogen) atoms. The monoisotopic (exact) mass is 337 g/mol. The van der Waals surface area contributed by atoms with Gasteiger partial charge in [0.2, 0.25) is 0 Å². The molecule has 0 bridgehead atoms. The Hall–Kier alpha value is -0.660. The molecule has 2 amide bonds. The predicted octanol–water partition coefficient (Wildman–Crippen LogP) is 1.05. The van der Waals surface area contributed by atoms with Gasteiger partial charge in [0, 0.05) is 17.3 Å². The summed E-state index contributed by atoms with van der Waals surface area (Å²) in [6.45, 7) is 0. The average molecular weight is 337 g/mol. The molecule has 5 nitrogen and oxygen atoms in total. The third kappa shape index (κ3) is 2.21. The molecule has 0 spiro atoms. The third-order valence-electron chi connectivity index (χ3n) is 2.97. The molecule has 1 saturated carbocycles. The Morgan fingerprint density at radius 1 is 1.31 bits per heavy atom. The van der Waals surface area contributed by atoms with E-state index in [1.54, 1.807) is 0 Å². The van der Waals surface area contributed by atoms with Crippen molar-refractivity contribution in [1.82, 2.24) is 5.06 Å². The summed E-state index contributed by atoms with van der Waals surface area (Å²) in [5, 5.41) is 0.625. The van der Waals surface area contributed by atoms with Crippen molar-refractivity contribution in [2.45, 2.75) is 25.7 Å². The maximum Gasteiger partial charge on any atom is 0.336 e. The summed E-state index contributed by atoms with van der Waals surface area (Å²) in [7, 11) is 0. The molecule has 1 aliphatic carbocycles. The van der Waals surface area contributed by atoms with Crippen LogP contribution < -0.4 is 0 Å². The van der Waals surface area contributed by atoms with Crippen molar-refractivity contribution >= 4 is 40.4 Å². The van der Waals surface area contributed by atoms with Crippen LogP contribution in [0.25, 0.3) is 0 Å². The van der Waals surface area contributed by atoms with Gasteiger partial charge in [-0.1, -0.05) is 22.6 Å². The van der Waals surface area contributed by atoms with Crippen molar-refractivity contribution < 1.29 is 19.2 Å². The van der Waals surface area contributed by atoms with Crippen LogP contribution in [-0.2, 0) is 19.2 Å². The number of hydroxylamine groups is 2. The quantitative estimate of drug-likeness (QED) is 0.439.